The van der Waals surface area contributed by atoms with Crippen LogP contribution in [0.5, 0.6) is 0 Å². The third-order valence-corrected chi connectivity index (χ3v) is 28.7. The summed E-state index contributed by atoms with van der Waals surface area (Å²) >= 11 is 1.84. The Morgan fingerprint density at radius 2 is 0.562 bits per heavy atom. The minimum atomic E-state index is -0.120. The monoisotopic (exact) mass is 1860 g/mol. The maximum Gasteiger partial charge on any atom is 0.164 e. The number of nitrogens with zero attached hydrogens (tertiary/aromatic N) is 14. The normalized spacial score (nSPS) is 12.0. The number of nitriles is 2. The molecule has 0 N–H and O–H groups in total. The van der Waals surface area contributed by atoms with Crippen molar-refractivity contribution in [1.29, 1.82) is 10.5 Å². The number of thiophene rings is 1. The van der Waals surface area contributed by atoms with Crippen molar-refractivity contribution >= 4 is 119 Å². The SMILES string of the molecule is CC1(C)c2ccccc2-c2cc3c4cc(-c5ccccc5)ccc4n(-c4cccc(-c5nc(-c6ccccc6)nc(-c6ccccc6)n5)c4)c3cc21.N#Cc1ccc(-c2nc(-c3ccccc3)nc(-c3cccc(-n4c5ccccc5c5cc6oc7ccccc7c6cc54)c3)n2)cc1.N#Cc1ccc(-c2nc(-c3ccccc3)nc(-c3cccc(-n4c5ccccc5c5cc6sc7ccccc7c6cc54)c3)n2)cc1. The van der Waals surface area contributed by atoms with Gasteiger partial charge >= 0.3 is 0 Å². The fourth-order valence-corrected chi connectivity index (χ4v) is 21.7. The van der Waals surface area contributed by atoms with Crippen molar-refractivity contribution in [2.24, 2.45) is 0 Å². The molecule has 0 fully saturated rings. The molecule has 8 heterocycles. The summed E-state index contributed by atoms with van der Waals surface area (Å²) in [6, 6.07) is 159. The van der Waals surface area contributed by atoms with Crippen LogP contribution in [-0.2, 0) is 5.41 Å². The number of benzene rings is 19. The van der Waals surface area contributed by atoms with E-state index >= 15 is 0 Å². The number of para-hydroxylation sites is 3. The molecule has 27 aromatic rings. The summed E-state index contributed by atoms with van der Waals surface area (Å²) in [6.07, 6.45) is 0. The van der Waals surface area contributed by atoms with E-state index < -0.39 is 0 Å². The Morgan fingerprint density at radius 1 is 0.215 bits per heavy atom. The molecule has 0 aliphatic heterocycles. The first kappa shape index (κ1) is 85.1. The van der Waals surface area contributed by atoms with E-state index in [1.165, 1.54) is 80.6 Å². The van der Waals surface area contributed by atoms with Crippen LogP contribution in [-0.4, -0.2) is 58.6 Å². The van der Waals surface area contributed by atoms with E-state index in [0.717, 1.165) is 127 Å². The summed E-state index contributed by atoms with van der Waals surface area (Å²) in [7, 11) is 0. The van der Waals surface area contributed by atoms with Crippen LogP contribution in [0.25, 0.3) is 249 Å². The molecular weight excluding hydrogens is 1780 g/mol. The number of fused-ring (bicyclic) bond motifs is 18. The molecule has 0 saturated carbocycles. The van der Waals surface area contributed by atoms with Crippen LogP contribution in [0, 0.1) is 22.7 Å². The molecule has 0 radical (unpaired) electrons. The molecule has 144 heavy (non-hydrogen) atoms. The lowest BCUT2D eigenvalue weighted by Gasteiger charge is -2.21. The van der Waals surface area contributed by atoms with Gasteiger partial charge in [-0.3, -0.25) is 0 Å². The van der Waals surface area contributed by atoms with Gasteiger partial charge < -0.3 is 18.1 Å². The highest BCUT2D eigenvalue weighted by Crippen LogP contribution is 2.52. The first-order valence-corrected chi connectivity index (χ1v) is 48.6. The second-order valence-electron chi connectivity index (χ2n) is 36.6. The van der Waals surface area contributed by atoms with Crippen LogP contribution in [0.15, 0.2) is 453 Å². The van der Waals surface area contributed by atoms with Gasteiger partial charge in [-0.05, 0) is 191 Å². The van der Waals surface area contributed by atoms with Crippen LogP contribution < -0.4 is 0 Å². The summed E-state index contributed by atoms with van der Waals surface area (Å²) in [4.78, 5) is 44.5. The molecule has 674 valence electrons. The van der Waals surface area contributed by atoms with Gasteiger partial charge in [0.05, 0.1) is 56.4 Å². The number of furan rings is 1. The van der Waals surface area contributed by atoms with Crippen molar-refractivity contribution in [3.8, 4) is 154 Å². The quantitative estimate of drug-likeness (QED) is 0.106. The Bertz CT molecular complexity index is 9460. The molecule has 0 spiro atoms. The summed E-state index contributed by atoms with van der Waals surface area (Å²) in [5, 5.41) is 30.6. The van der Waals surface area contributed by atoms with Gasteiger partial charge in [0.25, 0.3) is 0 Å². The molecule has 0 amide bonds. The molecule has 19 aromatic carbocycles. The Morgan fingerprint density at radius 3 is 1.03 bits per heavy atom. The van der Waals surface area contributed by atoms with Crippen molar-refractivity contribution in [2.75, 3.05) is 0 Å². The molecular formula is C128H80N14OS. The predicted molar refractivity (Wildman–Crippen MR) is 584 cm³/mol. The standard InChI is InChI=1S/C48H34N4.C40H23N5O.C40H23N5S/c1-48(2)41-24-13-12-23-37(41)38-29-40-39-28-34(31-15-6-3-7-16-31)25-26-43(39)52(44(40)30-42(38)48)36-22-14-21-35(27-36)47-50-45(32-17-8-4-9-18-32)49-46(51-47)33-19-10-5-11-20-33;2*41-24-25-17-19-27(20-18-25)39-42-38(26-9-2-1-3-10-26)43-40(44-39)28-11-8-12-29(21-28)45-34-15-6-4-13-30(34)32-23-37-33(22-35(32)45)31-14-5-7-16-36(31)46-37/h3-30H,1-2H3;2*1-23H. The lowest BCUT2D eigenvalue weighted by Crippen LogP contribution is -2.14. The highest BCUT2D eigenvalue weighted by atomic mass is 32.1. The minimum Gasteiger partial charge on any atom is -0.456 e. The van der Waals surface area contributed by atoms with Crippen LogP contribution in [0.2, 0.25) is 0 Å². The van der Waals surface area contributed by atoms with E-state index in [4.69, 9.17) is 49.3 Å². The maximum atomic E-state index is 9.32. The Hall–Kier alpha value is -19.4. The zero-order valence-corrected chi connectivity index (χ0v) is 78.6. The van der Waals surface area contributed by atoms with E-state index in [2.05, 4.69) is 288 Å². The Kier molecular flexibility index (Phi) is 20.8. The van der Waals surface area contributed by atoms with Crippen LogP contribution in [0.4, 0.5) is 0 Å². The average molecular weight is 1860 g/mol. The predicted octanol–water partition coefficient (Wildman–Crippen LogP) is 31.9. The zero-order chi connectivity index (χ0) is 96.0. The van der Waals surface area contributed by atoms with Crippen molar-refractivity contribution in [2.45, 2.75) is 19.3 Å². The molecule has 1 aliphatic carbocycles. The van der Waals surface area contributed by atoms with Crippen molar-refractivity contribution < 1.29 is 4.42 Å². The Labute approximate surface area is 830 Å². The van der Waals surface area contributed by atoms with Crippen molar-refractivity contribution in [3.05, 3.63) is 471 Å². The summed E-state index contributed by atoms with van der Waals surface area (Å²) in [5.74, 6) is 5.38. The second kappa shape index (κ2) is 35.2. The highest BCUT2D eigenvalue weighted by Gasteiger charge is 2.37. The third-order valence-electron chi connectivity index (χ3n) is 27.6. The van der Waals surface area contributed by atoms with Gasteiger partial charge in [-0.2, -0.15) is 10.5 Å². The first-order chi connectivity index (χ1) is 71.0. The lowest BCUT2D eigenvalue weighted by molar-refractivity contribution is 0.661. The summed E-state index contributed by atoms with van der Waals surface area (Å²) < 4.78 is 15.9. The van der Waals surface area contributed by atoms with Gasteiger partial charge in [0.2, 0.25) is 0 Å². The van der Waals surface area contributed by atoms with E-state index in [1.54, 1.807) is 24.3 Å². The van der Waals surface area contributed by atoms with Gasteiger partial charge in [-0.15, -0.1) is 11.3 Å². The van der Waals surface area contributed by atoms with E-state index in [9.17, 15) is 10.5 Å². The summed E-state index contributed by atoms with van der Waals surface area (Å²) in [6.45, 7) is 4.69. The van der Waals surface area contributed by atoms with Crippen molar-refractivity contribution in [3.63, 3.8) is 0 Å². The molecule has 0 atom stereocenters. The van der Waals surface area contributed by atoms with E-state index in [0.29, 0.717) is 63.5 Å². The topological polar surface area (TPSA) is 192 Å². The highest BCUT2D eigenvalue weighted by molar-refractivity contribution is 7.25. The second-order valence-corrected chi connectivity index (χ2v) is 37.6. The lowest BCUT2D eigenvalue weighted by atomic mass is 9.82. The first-order valence-electron chi connectivity index (χ1n) is 47.8. The van der Waals surface area contributed by atoms with Crippen LogP contribution in [0.3, 0.4) is 0 Å². The fourth-order valence-electron chi connectivity index (χ4n) is 20.6. The largest absolute Gasteiger partial charge is 0.456 e. The molecule has 15 nitrogen and oxygen atoms in total. The number of hydrogen-bond donors (Lipinski definition) is 0. The van der Waals surface area contributed by atoms with E-state index in [1.807, 2.05) is 187 Å². The maximum absolute atomic E-state index is 9.32. The van der Waals surface area contributed by atoms with Gasteiger partial charge in [0.15, 0.2) is 52.4 Å². The molecule has 1 aliphatic rings. The minimum absolute atomic E-state index is 0.120. The zero-order valence-electron chi connectivity index (χ0n) is 77.8. The molecule has 16 heteroatoms. The number of rotatable bonds is 13. The third kappa shape index (κ3) is 15.1. The molecule has 0 saturated heterocycles. The van der Waals surface area contributed by atoms with Gasteiger partial charge in [0, 0.05) is 136 Å². The van der Waals surface area contributed by atoms with Crippen LogP contribution in [0.1, 0.15) is 36.1 Å². The number of aromatic nitrogens is 12. The van der Waals surface area contributed by atoms with Gasteiger partial charge in [-0.25, -0.2) is 44.9 Å². The van der Waals surface area contributed by atoms with E-state index in [-0.39, 0.29) is 5.41 Å². The number of hydrogen-bond acceptors (Lipinski definition) is 13. The smallest absolute Gasteiger partial charge is 0.164 e. The van der Waals surface area contributed by atoms with Crippen molar-refractivity contribution in [1.82, 2.24) is 58.6 Å². The average Bonchev–Trinajstić information content (AvgIpc) is 1.53. The van der Waals surface area contributed by atoms with Gasteiger partial charge in [-0.1, -0.05) is 305 Å². The molecule has 8 aromatic heterocycles. The Balaban J connectivity index is 0.000000110. The van der Waals surface area contributed by atoms with Gasteiger partial charge in [0.1, 0.15) is 11.2 Å². The van der Waals surface area contributed by atoms with Crippen LogP contribution >= 0.6 is 11.3 Å². The summed E-state index contributed by atoms with van der Waals surface area (Å²) in [5.41, 5.74) is 28.6. The molecule has 0 bridgehead atoms. The molecule has 0 unspecified atom stereocenters. The molecule has 28 rings (SSSR count). The fraction of sp³-hybridized carbons (Fsp3) is 0.0234.